The number of anilines is 1. The summed E-state index contributed by atoms with van der Waals surface area (Å²) < 4.78 is 0. The minimum absolute atomic E-state index is 0.0756. The summed E-state index contributed by atoms with van der Waals surface area (Å²) in [4.78, 5) is 36.4. The number of amides is 1. The molecule has 4 nitrogen and oxygen atoms in total. The van der Waals surface area contributed by atoms with E-state index in [9.17, 15) is 14.4 Å². The van der Waals surface area contributed by atoms with Crippen molar-refractivity contribution in [2.45, 2.75) is 19.3 Å². The van der Waals surface area contributed by atoms with Crippen LogP contribution in [0.3, 0.4) is 0 Å². The number of allylic oxidation sites excluding steroid dienone is 4. The van der Waals surface area contributed by atoms with Gasteiger partial charge < -0.3 is 5.32 Å². The van der Waals surface area contributed by atoms with Crippen molar-refractivity contribution in [3.63, 3.8) is 0 Å². The van der Waals surface area contributed by atoms with Crippen LogP contribution < -0.4 is 5.32 Å². The van der Waals surface area contributed by atoms with E-state index in [1.807, 2.05) is 12.2 Å². The fourth-order valence-corrected chi connectivity index (χ4v) is 3.00. The number of rotatable bonds is 2. The molecule has 106 valence electrons. The van der Waals surface area contributed by atoms with Gasteiger partial charge in [0.2, 0.25) is 5.91 Å². The summed E-state index contributed by atoms with van der Waals surface area (Å²) in [6.07, 6.45) is 6.03. The van der Waals surface area contributed by atoms with Crippen molar-refractivity contribution in [2.75, 3.05) is 5.32 Å². The first-order chi connectivity index (χ1) is 10.1. The van der Waals surface area contributed by atoms with E-state index >= 15 is 0 Å². The molecule has 1 N–H and O–H groups in total. The predicted octanol–water partition coefficient (Wildman–Crippen LogP) is 2.38. The van der Waals surface area contributed by atoms with Crippen LogP contribution in [0.1, 0.15) is 24.8 Å². The van der Waals surface area contributed by atoms with Gasteiger partial charge in [0.1, 0.15) is 5.92 Å². The highest BCUT2D eigenvalue weighted by Gasteiger charge is 2.46. The zero-order chi connectivity index (χ0) is 15.0. The molecular weight excluding hydrogens is 266 g/mol. The van der Waals surface area contributed by atoms with E-state index in [-0.39, 0.29) is 23.4 Å². The van der Waals surface area contributed by atoms with Crippen LogP contribution in [0, 0.1) is 5.92 Å². The third-order valence-corrected chi connectivity index (χ3v) is 3.92. The number of para-hydroxylation sites is 1. The molecule has 0 spiro atoms. The third-order valence-electron chi connectivity index (χ3n) is 3.92. The van der Waals surface area contributed by atoms with E-state index in [2.05, 4.69) is 5.32 Å². The van der Waals surface area contributed by atoms with E-state index in [1.165, 1.54) is 6.92 Å². The lowest BCUT2D eigenvalue weighted by Gasteiger charge is -2.14. The second-order valence-electron chi connectivity index (χ2n) is 5.31. The Bertz CT molecular complexity index is 700. The minimum atomic E-state index is -0.802. The molecule has 1 aromatic rings. The number of hydrogen-bond donors (Lipinski definition) is 1. The Morgan fingerprint density at radius 3 is 2.71 bits per heavy atom. The van der Waals surface area contributed by atoms with E-state index in [0.29, 0.717) is 23.2 Å². The summed E-state index contributed by atoms with van der Waals surface area (Å²) in [6.45, 7) is 1.40. The Morgan fingerprint density at radius 1 is 1.24 bits per heavy atom. The highest BCUT2D eigenvalue weighted by molar-refractivity contribution is 6.25. The van der Waals surface area contributed by atoms with Crippen LogP contribution in [0.2, 0.25) is 0 Å². The van der Waals surface area contributed by atoms with Crippen LogP contribution in [0.15, 0.2) is 48.1 Å². The predicted molar refractivity (Wildman–Crippen MR) is 78.8 cm³/mol. The van der Waals surface area contributed by atoms with Gasteiger partial charge in [-0.15, -0.1) is 0 Å². The largest absolute Gasteiger partial charge is 0.326 e. The monoisotopic (exact) mass is 281 g/mol. The highest BCUT2D eigenvalue weighted by atomic mass is 16.2. The summed E-state index contributed by atoms with van der Waals surface area (Å²) >= 11 is 0. The van der Waals surface area contributed by atoms with Gasteiger partial charge in [0.05, 0.1) is 5.92 Å². The Kier molecular flexibility index (Phi) is 3.29. The van der Waals surface area contributed by atoms with E-state index in [0.717, 1.165) is 0 Å². The first kappa shape index (κ1) is 13.5. The molecule has 21 heavy (non-hydrogen) atoms. The summed E-state index contributed by atoms with van der Waals surface area (Å²) in [5, 5.41) is 2.69. The van der Waals surface area contributed by atoms with Gasteiger partial charge in [-0.3, -0.25) is 14.4 Å². The van der Waals surface area contributed by atoms with Crippen molar-refractivity contribution in [3.05, 3.63) is 53.6 Å². The molecule has 2 atom stereocenters. The third kappa shape index (κ3) is 2.23. The number of ketones is 2. The lowest BCUT2D eigenvalue weighted by Crippen LogP contribution is -2.18. The summed E-state index contributed by atoms with van der Waals surface area (Å²) in [7, 11) is 0. The van der Waals surface area contributed by atoms with Gasteiger partial charge in [0, 0.05) is 18.2 Å². The highest BCUT2D eigenvalue weighted by Crippen LogP contribution is 2.41. The molecule has 1 aromatic carbocycles. The quantitative estimate of drug-likeness (QED) is 0.847. The number of Topliss-reactive ketones (excluding diaryl/α,β-unsaturated/α-hetero) is 2. The lowest BCUT2D eigenvalue weighted by atomic mass is 9.91. The van der Waals surface area contributed by atoms with Gasteiger partial charge in [-0.05, 0) is 18.1 Å². The Labute approximate surface area is 122 Å². The smallest absolute Gasteiger partial charge is 0.221 e. The molecular formula is C17H15NO3. The number of benzene rings is 1. The average Bonchev–Trinajstić information content (AvgIpc) is 2.72. The van der Waals surface area contributed by atoms with Crippen LogP contribution in [-0.2, 0) is 14.4 Å². The summed E-state index contributed by atoms with van der Waals surface area (Å²) in [5.41, 5.74) is 1.70. The molecule has 2 aliphatic rings. The molecule has 2 unspecified atom stereocenters. The molecule has 0 aromatic heterocycles. The SMILES string of the molecule is CC(=O)Nc1ccccc1C1C(=O)C2=CC=CCC2C1=O. The Hall–Kier alpha value is -2.49. The van der Waals surface area contributed by atoms with Crippen molar-refractivity contribution in [1.29, 1.82) is 0 Å². The van der Waals surface area contributed by atoms with Crippen molar-refractivity contribution in [2.24, 2.45) is 5.92 Å². The fourth-order valence-electron chi connectivity index (χ4n) is 3.00. The number of hydrogen-bond acceptors (Lipinski definition) is 3. The molecule has 2 aliphatic carbocycles. The molecule has 1 saturated carbocycles. The fraction of sp³-hybridized carbons (Fsp3) is 0.235. The normalized spacial score (nSPS) is 23.8. The molecule has 1 fully saturated rings. The number of carbonyl (C=O) groups is 3. The summed E-state index contributed by atoms with van der Waals surface area (Å²) in [6, 6.07) is 6.99. The van der Waals surface area contributed by atoms with E-state index in [4.69, 9.17) is 0 Å². The zero-order valence-corrected chi connectivity index (χ0v) is 11.6. The number of fused-ring (bicyclic) bond motifs is 1. The number of carbonyl (C=O) groups excluding carboxylic acids is 3. The maximum Gasteiger partial charge on any atom is 0.221 e. The zero-order valence-electron chi connectivity index (χ0n) is 11.6. The number of nitrogens with one attached hydrogen (secondary N) is 1. The van der Waals surface area contributed by atoms with Gasteiger partial charge >= 0.3 is 0 Å². The van der Waals surface area contributed by atoms with E-state index < -0.39 is 5.92 Å². The molecule has 0 heterocycles. The van der Waals surface area contributed by atoms with Crippen LogP contribution in [-0.4, -0.2) is 17.5 Å². The van der Waals surface area contributed by atoms with Crippen LogP contribution in [0.5, 0.6) is 0 Å². The topological polar surface area (TPSA) is 63.2 Å². The van der Waals surface area contributed by atoms with Gasteiger partial charge in [0.15, 0.2) is 11.6 Å². The average molecular weight is 281 g/mol. The molecule has 0 radical (unpaired) electrons. The van der Waals surface area contributed by atoms with Gasteiger partial charge in [-0.2, -0.15) is 0 Å². The van der Waals surface area contributed by atoms with Crippen molar-refractivity contribution in [3.8, 4) is 0 Å². The van der Waals surface area contributed by atoms with Crippen molar-refractivity contribution >= 4 is 23.2 Å². The Morgan fingerprint density at radius 2 is 2.00 bits per heavy atom. The maximum atomic E-state index is 12.6. The van der Waals surface area contributed by atoms with Crippen molar-refractivity contribution < 1.29 is 14.4 Å². The van der Waals surface area contributed by atoms with Gasteiger partial charge in [-0.1, -0.05) is 36.4 Å². The second-order valence-corrected chi connectivity index (χ2v) is 5.31. The Balaban J connectivity index is 2.04. The standard InChI is InChI=1S/C17H15NO3/c1-10(19)18-14-9-5-4-8-13(14)15-16(20)11-6-2-3-7-12(11)17(15)21/h2-6,8-9,12,15H,7H2,1H3,(H,18,19). The van der Waals surface area contributed by atoms with Crippen molar-refractivity contribution in [1.82, 2.24) is 0 Å². The van der Waals surface area contributed by atoms with Crippen LogP contribution in [0.4, 0.5) is 5.69 Å². The molecule has 0 aliphatic heterocycles. The van der Waals surface area contributed by atoms with Crippen LogP contribution in [0.25, 0.3) is 0 Å². The maximum absolute atomic E-state index is 12.6. The molecule has 0 bridgehead atoms. The molecule has 3 rings (SSSR count). The van der Waals surface area contributed by atoms with E-state index in [1.54, 1.807) is 30.3 Å². The summed E-state index contributed by atoms with van der Waals surface area (Å²) in [5.74, 6) is -1.58. The second kappa shape index (κ2) is 5.13. The minimum Gasteiger partial charge on any atom is -0.326 e. The molecule has 1 amide bonds. The van der Waals surface area contributed by atoms with Gasteiger partial charge in [0.25, 0.3) is 0 Å². The first-order valence-electron chi connectivity index (χ1n) is 6.90. The lowest BCUT2D eigenvalue weighted by molar-refractivity contribution is -0.124. The molecule has 4 heteroatoms. The molecule has 0 saturated heterocycles. The van der Waals surface area contributed by atoms with Gasteiger partial charge in [-0.25, -0.2) is 0 Å². The van der Waals surface area contributed by atoms with Crippen LogP contribution >= 0.6 is 0 Å². The first-order valence-corrected chi connectivity index (χ1v) is 6.90.